The monoisotopic (exact) mass is 392 g/mol. The number of benzene rings is 1. The molecule has 2 aliphatic rings. The van der Waals surface area contributed by atoms with Crippen LogP contribution in [0.4, 0.5) is 5.69 Å². The maximum absolute atomic E-state index is 13.1. The van der Waals surface area contributed by atoms with E-state index in [4.69, 9.17) is 0 Å². The second kappa shape index (κ2) is 8.74. The van der Waals surface area contributed by atoms with Gasteiger partial charge in [0, 0.05) is 25.0 Å². The Kier molecular flexibility index (Phi) is 5.90. The molecule has 0 unspecified atom stereocenters. The second-order valence-corrected chi connectivity index (χ2v) is 7.92. The number of likely N-dealkylation sites (tertiary alicyclic amines) is 1. The van der Waals surface area contributed by atoms with Gasteiger partial charge < -0.3 is 10.2 Å². The fourth-order valence-electron chi connectivity index (χ4n) is 4.30. The Morgan fingerprint density at radius 1 is 1.17 bits per heavy atom. The fraction of sp³-hybridized carbons (Fsp3) is 0.435. The first kappa shape index (κ1) is 19.6. The molecule has 1 N–H and O–H groups in total. The molecule has 0 spiro atoms. The third-order valence-corrected chi connectivity index (χ3v) is 5.77. The number of fused-ring (bicyclic) bond motifs is 1. The largest absolute Gasteiger partial charge is 0.355 e. The lowest BCUT2D eigenvalue weighted by Gasteiger charge is -2.27. The summed E-state index contributed by atoms with van der Waals surface area (Å²) in [4.78, 5) is 34.3. The first-order valence-electron chi connectivity index (χ1n) is 10.5. The summed E-state index contributed by atoms with van der Waals surface area (Å²) in [5.74, 6) is -0.138. The predicted octanol–water partition coefficient (Wildman–Crippen LogP) is 3.08. The zero-order valence-electron chi connectivity index (χ0n) is 16.9. The summed E-state index contributed by atoms with van der Waals surface area (Å²) in [5.41, 5.74) is 3.15. The summed E-state index contributed by atoms with van der Waals surface area (Å²) in [6, 6.07) is 11.0. The van der Waals surface area contributed by atoms with Gasteiger partial charge in [0.15, 0.2) is 0 Å². The van der Waals surface area contributed by atoms with Gasteiger partial charge in [-0.15, -0.1) is 0 Å². The number of carbonyl (C=O) groups is 2. The first-order valence-corrected chi connectivity index (χ1v) is 10.5. The summed E-state index contributed by atoms with van der Waals surface area (Å²) in [6.45, 7) is 5.75. The molecule has 6 nitrogen and oxygen atoms in total. The number of aromatic nitrogens is 1. The van der Waals surface area contributed by atoms with Gasteiger partial charge in [0.1, 0.15) is 0 Å². The van der Waals surface area contributed by atoms with Gasteiger partial charge in [0.25, 0.3) is 5.91 Å². The molecule has 2 aliphatic heterocycles. The molecule has 1 fully saturated rings. The van der Waals surface area contributed by atoms with Crippen LogP contribution < -0.4 is 10.2 Å². The maximum atomic E-state index is 13.1. The molecule has 152 valence electrons. The normalized spacial score (nSPS) is 19.3. The van der Waals surface area contributed by atoms with E-state index in [2.05, 4.69) is 15.2 Å². The van der Waals surface area contributed by atoms with E-state index in [1.54, 1.807) is 23.2 Å². The van der Waals surface area contributed by atoms with E-state index in [0.717, 1.165) is 30.9 Å². The smallest absolute Gasteiger partial charge is 0.260 e. The van der Waals surface area contributed by atoms with Crippen LogP contribution in [-0.4, -0.2) is 47.9 Å². The van der Waals surface area contributed by atoms with Gasteiger partial charge in [0.05, 0.1) is 23.7 Å². The zero-order valence-corrected chi connectivity index (χ0v) is 16.9. The summed E-state index contributed by atoms with van der Waals surface area (Å²) < 4.78 is 0. The first-order chi connectivity index (χ1) is 14.1. The summed E-state index contributed by atoms with van der Waals surface area (Å²) in [7, 11) is 0. The lowest BCUT2D eigenvalue weighted by atomic mass is 10.1. The molecule has 1 atom stereocenters. The van der Waals surface area contributed by atoms with Crippen LogP contribution in [0.25, 0.3) is 0 Å². The van der Waals surface area contributed by atoms with Crippen molar-refractivity contribution in [2.24, 2.45) is 0 Å². The number of aryl methyl sites for hydroxylation is 1. The number of rotatable bonds is 6. The minimum absolute atomic E-state index is 0.0454. The maximum Gasteiger partial charge on any atom is 0.260 e. The molecule has 0 aliphatic carbocycles. The van der Waals surface area contributed by atoms with Gasteiger partial charge >= 0.3 is 0 Å². The number of carbonyl (C=O) groups excluding carboxylic acids is 2. The van der Waals surface area contributed by atoms with Crippen LogP contribution in [0.3, 0.4) is 0 Å². The topological polar surface area (TPSA) is 65.5 Å². The average Bonchev–Trinajstić information content (AvgIpc) is 3.01. The lowest BCUT2D eigenvalue weighted by Crippen LogP contribution is -2.39. The van der Waals surface area contributed by atoms with Crippen LogP contribution in [0.15, 0.2) is 42.6 Å². The second-order valence-electron chi connectivity index (χ2n) is 7.92. The van der Waals surface area contributed by atoms with Crippen LogP contribution in [0, 0.1) is 6.92 Å². The molecule has 1 saturated heterocycles. The Hall–Kier alpha value is -2.73. The van der Waals surface area contributed by atoms with Crippen molar-refractivity contribution in [3.8, 4) is 0 Å². The number of hydrogen-bond donors (Lipinski definition) is 1. The van der Waals surface area contributed by atoms with Gasteiger partial charge in [0.2, 0.25) is 5.91 Å². The van der Waals surface area contributed by atoms with E-state index in [-0.39, 0.29) is 24.3 Å². The number of nitrogens with one attached hydrogen (secondary N) is 1. The third-order valence-electron chi connectivity index (χ3n) is 5.77. The molecule has 0 saturated carbocycles. The third kappa shape index (κ3) is 4.32. The summed E-state index contributed by atoms with van der Waals surface area (Å²) in [5, 5.41) is 3.04. The fourth-order valence-corrected chi connectivity index (χ4v) is 4.30. The Labute approximate surface area is 171 Å². The standard InChI is InChI=1S/C23H28N4O2/c1-17-7-5-8-18(15-17)27-20(22-19(23(27)29)9-6-10-25-22)16-21(28)24-11-14-26-12-3-2-4-13-26/h5-10,15,20H,2-4,11-14,16H2,1H3,(H,24,28)/t20-/m0/s1. The van der Waals surface area contributed by atoms with Gasteiger partial charge in [-0.05, 0) is 62.7 Å². The highest BCUT2D eigenvalue weighted by molar-refractivity contribution is 6.11. The van der Waals surface area contributed by atoms with E-state index in [1.165, 1.54) is 19.3 Å². The van der Waals surface area contributed by atoms with E-state index >= 15 is 0 Å². The van der Waals surface area contributed by atoms with Crippen LogP contribution in [-0.2, 0) is 4.79 Å². The minimum atomic E-state index is -0.379. The minimum Gasteiger partial charge on any atom is -0.355 e. The summed E-state index contributed by atoms with van der Waals surface area (Å²) >= 11 is 0. The molecule has 1 aromatic heterocycles. The molecule has 2 amide bonds. The molecule has 6 heteroatoms. The lowest BCUT2D eigenvalue weighted by molar-refractivity contribution is -0.121. The van der Waals surface area contributed by atoms with E-state index in [9.17, 15) is 9.59 Å². The Balaban J connectivity index is 1.47. The van der Waals surface area contributed by atoms with E-state index in [1.807, 2.05) is 31.2 Å². The van der Waals surface area contributed by atoms with Crippen molar-refractivity contribution < 1.29 is 9.59 Å². The predicted molar refractivity (Wildman–Crippen MR) is 113 cm³/mol. The van der Waals surface area contributed by atoms with Crippen molar-refractivity contribution in [1.29, 1.82) is 0 Å². The van der Waals surface area contributed by atoms with Crippen molar-refractivity contribution in [2.45, 2.75) is 38.6 Å². The van der Waals surface area contributed by atoms with Gasteiger partial charge in [-0.1, -0.05) is 18.6 Å². The highest BCUT2D eigenvalue weighted by atomic mass is 16.2. The van der Waals surface area contributed by atoms with Crippen molar-refractivity contribution in [1.82, 2.24) is 15.2 Å². The molecule has 1 aromatic carbocycles. The van der Waals surface area contributed by atoms with Crippen molar-refractivity contribution in [3.05, 3.63) is 59.4 Å². The van der Waals surface area contributed by atoms with Crippen molar-refractivity contribution >= 4 is 17.5 Å². The quantitative estimate of drug-likeness (QED) is 0.821. The van der Waals surface area contributed by atoms with Crippen LogP contribution in [0.1, 0.15) is 53.3 Å². The molecule has 29 heavy (non-hydrogen) atoms. The highest BCUT2D eigenvalue weighted by Crippen LogP contribution is 2.38. The molecular formula is C23H28N4O2. The number of pyridine rings is 1. The van der Waals surface area contributed by atoms with Gasteiger partial charge in [-0.25, -0.2) is 0 Å². The molecular weight excluding hydrogens is 364 g/mol. The van der Waals surface area contributed by atoms with Crippen molar-refractivity contribution in [3.63, 3.8) is 0 Å². The molecule has 0 radical (unpaired) electrons. The molecule has 3 heterocycles. The number of anilines is 1. The Morgan fingerprint density at radius 2 is 2.00 bits per heavy atom. The zero-order chi connectivity index (χ0) is 20.2. The van der Waals surface area contributed by atoms with Crippen LogP contribution in [0.2, 0.25) is 0 Å². The SMILES string of the molecule is Cc1cccc(N2C(=O)c3cccnc3[C@@H]2CC(=O)NCCN2CCCCC2)c1. The van der Waals surface area contributed by atoms with Crippen LogP contribution >= 0.6 is 0 Å². The number of amides is 2. The number of nitrogens with zero attached hydrogens (tertiary/aromatic N) is 3. The average molecular weight is 393 g/mol. The molecule has 4 rings (SSSR count). The molecule has 0 bridgehead atoms. The number of piperidine rings is 1. The van der Waals surface area contributed by atoms with Crippen molar-refractivity contribution in [2.75, 3.05) is 31.1 Å². The summed E-state index contributed by atoms with van der Waals surface area (Å²) in [6.07, 6.45) is 5.69. The Morgan fingerprint density at radius 3 is 2.79 bits per heavy atom. The van der Waals surface area contributed by atoms with Gasteiger partial charge in [-0.3, -0.25) is 19.5 Å². The highest BCUT2D eigenvalue weighted by Gasteiger charge is 2.39. The molecule has 2 aromatic rings. The van der Waals surface area contributed by atoms with E-state index < -0.39 is 0 Å². The van der Waals surface area contributed by atoms with E-state index in [0.29, 0.717) is 17.8 Å². The van der Waals surface area contributed by atoms with Crippen LogP contribution in [0.5, 0.6) is 0 Å². The van der Waals surface area contributed by atoms with Gasteiger partial charge in [-0.2, -0.15) is 0 Å². The number of hydrogen-bond acceptors (Lipinski definition) is 4. The Bertz CT molecular complexity index is 892.